The standard InChI is InChI=1S/C24H35N6O3/c1-17(2)10-11-30-20(25-22-21(30)23(31)27(4)24(32)26(22)3)16-28-12-14-29(15-13-28)18-6-8-19(33-5)9-7-18/h6-9,17,21H,10-16H2,1-5H3/q+1. The summed E-state index contributed by atoms with van der Waals surface area (Å²) in [6.07, 6.45) is 0.961. The van der Waals surface area contributed by atoms with Crippen molar-refractivity contribution in [3.63, 3.8) is 0 Å². The van der Waals surface area contributed by atoms with Crippen LogP contribution in [0.25, 0.3) is 0 Å². The minimum absolute atomic E-state index is 0.195. The molecule has 0 aliphatic carbocycles. The van der Waals surface area contributed by atoms with Crippen molar-refractivity contribution in [3.05, 3.63) is 24.3 Å². The number of aliphatic imine (C=N–C) groups is 1. The Kier molecular flexibility index (Phi) is 6.69. The number of imide groups is 1. The van der Waals surface area contributed by atoms with Gasteiger partial charge < -0.3 is 9.64 Å². The fourth-order valence-corrected chi connectivity index (χ4v) is 4.59. The molecule has 9 nitrogen and oxygen atoms in total. The number of anilines is 1. The molecular formula is C24H35N6O3+. The van der Waals surface area contributed by atoms with E-state index in [1.807, 2.05) is 12.1 Å². The van der Waals surface area contributed by atoms with Gasteiger partial charge >= 0.3 is 11.9 Å². The van der Waals surface area contributed by atoms with Gasteiger partial charge in [0, 0.05) is 46.0 Å². The van der Waals surface area contributed by atoms with E-state index in [0.717, 1.165) is 50.7 Å². The van der Waals surface area contributed by atoms with Gasteiger partial charge in [0.2, 0.25) is 0 Å². The van der Waals surface area contributed by atoms with Crippen molar-refractivity contribution >= 4 is 29.3 Å². The molecule has 4 rings (SSSR count). The molecule has 0 N–H and O–H groups in total. The highest BCUT2D eigenvalue weighted by Crippen LogP contribution is 2.22. The number of urea groups is 1. The number of hydrogen-bond donors (Lipinski definition) is 0. The van der Waals surface area contributed by atoms with Crippen molar-refractivity contribution in [2.24, 2.45) is 10.9 Å². The molecular weight excluding hydrogens is 420 g/mol. The molecule has 0 aromatic heterocycles. The summed E-state index contributed by atoms with van der Waals surface area (Å²) in [6, 6.07) is 7.35. The number of carbonyl (C=O) groups excluding carboxylic acids is 2. The summed E-state index contributed by atoms with van der Waals surface area (Å²) in [5.41, 5.74) is 1.20. The van der Waals surface area contributed by atoms with Crippen LogP contribution in [0.2, 0.25) is 0 Å². The zero-order chi connectivity index (χ0) is 23.7. The summed E-state index contributed by atoms with van der Waals surface area (Å²) >= 11 is 0. The summed E-state index contributed by atoms with van der Waals surface area (Å²) in [5, 5.41) is 0. The molecule has 33 heavy (non-hydrogen) atoms. The second-order valence-corrected chi connectivity index (χ2v) is 9.36. The van der Waals surface area contributed by atoms with E-state index in [4.69, 9.17) is 9.73 Å². The van der Waals surface area contributed by atoms with Crippen LogP contribution in [0.15, 0.2) is 29.3 Å². The first-order valence-corrected chi connectivity index (χ1v) is 11.7. The number of fused-ring (bicyclic) bond motifs is 1. The summed E-state index contributed by atoms with van der Waals surface area (Å²) in [5.74, 6) is 2.62. The molecule has 3 heterocycles. The molecule has 2 saturated heterocycles. The molecule has 0 bridgehead atoms. The third-order valence-corrected chi connectivity index (χ3v) is 6.74. The minimum Gasteiger partial charge on any atom is -0.497 e. The van der Waals surface area contributed by atoms with Gasteiger partial charge in [0.1, 0.15) is 12.3 Å². The topological polar surface area (TPSA) is 71.7 Å². The third kappa shape index (κ3) is 4.59. The summed E-state index contributed by atoms with van der Waals surface area (Å²) in [7, 11) is 4.93. The molecule has 9 heteroatoms. The molecule has 0 saturated carbocycles. The zero-order valence-electron chi connectivity index (χ0n) is 20.3. The predicted octanol–water partition coefficient (Wildman–Crippen LogP) is 1.58. The Balaban J connectivity index is 1.48. The van der Waals surface area contributed by atoms with Crippen LogP contribution in [0, 0.1) is 5.92 Å². The molecule has 3 aliphatic rings. The zero-order valence-corrected chi connectivity index (χ0v) is 20.3. The molecule has 178 valence electrons. The van der Waals surface area contributed by atoms with Gasteiger partial charge in [0.15, 0.2) is 0 Å². The fraction of sp³-hybridized carbons (Fsp3) is 0.583. The lowest BCUT2D eigenvalue weighted by atomic mass is 10.1. The number of methoxy groups -OCH3 is 1. The number of hydrogen-bond acceptors (Lipinski definition) is 6. The molecule has 1 atom stereocenters. The van der Waals surface area contributed by atoms with Gasteiger partial charge in [-0.2, -0.15) is 0 Å². The van der Waals surface area contributed by atoms with Crippen LogP contribution in [-0.4, -0.2) is 109 Å². The Morgan fingerprint density at radius 3 is 2.33 bits per heavy atom. The van der Waals surface area contributed by atoms with Crippen molar-refractivity contribution in [2.75, 3.05) is 65.4 Å². The van der Waals surface area contributed by atoms with Crippen LogP contribution < -0.4 is 9.64 Å². The van der Waals surface area contributed by atoms with Crippen molar-refractivity contribution in [3.8, 4) is 5.75 Å². The maximum Gasteiger partial charge on any atom is 0.333 e. The van der Waals surface area contributed by atoms with Gasteiger partial charge in [0.25, 0.3) is 17.8 Å². The first-order chi connectivity index (χ1) is 15.8. The molecule has 1 aromatic carbocycles. The average molecular weight is 456 g/mol. The Labute approximate surface area is 195 Å². The summed E-state index contributed by atoms with van der Waals surface area (Å²) in [6.45, 7) is 9.45. The largest absolute Gasteiger partial charge is 0.497 e. The first kappa shape index (κ1) is 23.2. The van der Waals surface area contributed by atoms with Gasteiger partial charge in [-0.05, 0) is 41.6 Å². The second-order valence-electron chi connectivity index (χ2n) is 9.36. The van der Waals surface area contributed by atoms with Crippen molar-refractivity contribution in [1.82, 2.24) is 14.7 Å². The number of likely N-dealkylation sites (N-methyl/N-ethyl adjacent to an activating group) is 2. The quantitative estimate of drug-likeness (QED) is 0.584. The predicted molar refractivity (Wildman–Crippen MR) is 128 cm³/mol. The van der Waals surface area contributed by atoms with Gasteiger partial charge in [-0.25, -0.2) is 9.37 Å². The van der Waals surface area contributed by atoms with Gasteiger partial charge in [-0.15, -0.1) is 0 Å². The number of amides is 3. The van der Waals surface area contributed by atoms with E-state index in [1.165, 1.54) is 15.5 Å². The van der Waals surface area contributed by atoms with Crippen LogP contribution in [0.1, 0.15) is 20.3 Å². The maximum atomic E-state index is 13.0. The number of benzene rings is 1. The van der Waals surface area contributed by atoms with Crippen LogP contribution in [-0.2, 0) is 4.79 Å². The van der Waals surface area contributed by atoms with Crippen molar-refractivity contribution in [2.45, 2.75) is 26.3 Å². The number of piperazine rings is 1. The van der Waals surface area contributed by atoms with E-state index in [9.17, 15) is 9.59 Å². The second kappa shape index (κ2) is 9.51. The van der Waals surface area contributed by atoms with Crippen molar-refractivity contribution < 1.29 is 18.9 Å². The van der Waals surface area contributed by atoms with Crippen LogP contribution >= 0.6 is 0 Å². The van der Waals surface area contributed by atoms with Crippen LogP contribution in [0.4, 0.5) is 10.5 Å². The van der Waals surface area contributed by atoms with E-state index in [-0.39, 0.29) is 11.9 Å². The van der Waals surface area contributed by atoms with Gasteiger partial charge in [-0.1, -0.05) is 13.8 Å². The van der Waals surface area contributed by atoms with Crippen molar-refractivity contribution in [1.29, 1.82) is 0 Å². The normalized spacial score (nSPS) is 21.8. The fourth-order valence-electron chi connectivity index (χ4n) is 4.59. The highest BCUT2D eigenvalue weighted by atomic mass is 16.5. The number of amidine groups is 2. The van der Waals surface area contributed by atoms with Crippen LogP contribution in [0.5, 0.6) is 5.75 Å². The van der Waals surface area contributed by atoms with Gasteiger partial charge in [0.05, 0.1) is 13.7 Å². The smallest absolute Gasteiger partial charge is 0.333 e. The average Bonchev–Trinajstić information content (AvgIpc) is 3.18. The van der Waals surface area contributed by atoms with E-state index in [2.05, 4.69) is 40.4 Å². The number of carbonyl (C=O) groups is 2. The van der Waals surface area contributed by atoms with E-state index < -0.39 is 6.04 Å². The molecule has 1 unspecified atom stereocenters. The molecule has 3 aliphatic heterocycles. The molecule has 0 radical (unpaired) electrons. The highest BCUT2D eigenvalue weighted by molar-refractivity contribution is 6.23. The Bertz CT molecular complexity index is 963. The SMILES string of the molecule is COc1ccc(N2CCN(CC3=[N+](CCC(C)C)C4C(=O)N(C)C(=O)N(C)C4=N3)CC2)cc1. The van der Waals surface area contributed by atoms with E-state index in [0.29, 0.717) is 18.3 Å². The highest BCUT2D eigenvalue weighted by Gasteiger charge is 2.53. The first-order valence-electron chi connectivity index (χ1n) is 11.7. The monoisotopic (exact) mass is 455 g/mol. The Morgan fingerprint density at radius 2 is 1.73 bits per heavy atom. The molecule has 1 aromatic rings. The summed E-state index contributed by atoms with van der Waals surface area (Å²) in [4.78, 5) is 37.8. The lowest BCUT2D eigenvalue weighted by molar-refractivity contribution is -0.537. The van der Waals surface area contributed by atoms with E-state index in [1.54, 1.807) is 21.2 Å². The minimum atomic E-state index is -0.507. The van der Waals surface area contributed by atoms with Gasteiger partial charge in [-0.3, -0.25) is 19.5 Å². The molecule has 2 fully saturated rings. The van der Waals surface area contributed by atoms with E-state index >= 15 is 0 Å². The lowest BCUT2D eigenvalue weighted by Gasteiger charge is -2.35. The Hall–Kier alpha value is -2.94. The molecule has 0 spiro atoms. The Morgan fingerprint density at radius 1 is 1.06 bits per heavy atom. The third-order valence-electron chi connectivity index (χ3n) is 6.74. The summed E-state index contributed by atoms with van der Waals surface area (Å²) < 4.78 is 7.38. The number of nitrogens with zero attached hydrogens (tertiary/aromatic N) is 6. The number of ether oxygens (including phenoxy) is 1. The molecule has 3 amide bonds. The lowest BCUT2D eigenvalue weighted by Crippen LogP contribution is -2.61. The van der Waals surface area contributed by atoms with Crippen LogP contribution in [0.3, 0.4) is 0 Å². The maximum absolute atomic E-state index is 13.0. The number of rotatable bonds is 7.